The second-order valence-corrected chi connectivity index (χ2v) is 3.03. The molecule has 2 N–H and O–H groups in total. The van der Waals surface area contributed by atoms with Gasteiger partial charge in [0.2, 0.25) is 0 Å². The third-order valence-electron chi connectivity index (χ3n) is 1.27. The lowest BCUT2D eigenvalue weighted by atomic mass is 10.3. The van der Waals surface area contributed by atoms with E-state index in [1.54, 1.807) is 12.1 Å². The molecule has 1 aromatic rings. The number of thioether (sulfide) groups is 1. The SMILES string of the molecule is NCc1cccnc1SC(F)F. The van der Waals surface area contributed by atoms with Crippen LogP contribution in [0.25, 0.3) is 0 Å². The first-order valence-corrected chi connectivity index (χ1v) is 4.20. The van der Waals surface area contributed by atoms with E-state index in [1.807, 2.05) is 0 Å². The van der Waals surface area contributed by atoms with Gasteiger partial charge in [-0.25, -0.2) is 4.98 Å². The van der Waals surface area contributed by atoms with Crippen LogP contribution in [0.5, 0.6) is 0 Å². The molecule has 0 aliphatic heterocycles. The van der Waals surface area contributed by atoms with E-state index in [4.69, 9.17) is 5.73 Å². The average Bonchev–Trinajstić information content (AvgIpc) is 2.04. The molecule has 1 rings (SSSR count). The second kappa shape index (κ2) is 4.37. The molecule has 0 bridgehead atoms. The zero-order valence-electron chi connectivity index (χ0n) is 6.21. The summed E-state index contributed by atoms with van der Waals surface area (Å²) in [5.74, 6) is -2.44. The zero-order chi connectivity index (χ0) is 8.97. The van der Waals surface area contributed by atoms with Crippen molar-refractivity contribution in [2.75, 3.05) is 0 Å². The fraction of sp³-hybridized carbons (Fsp3) is 0.286. The van der Waals surface area contributed by atoms with Gasteiger partial charge in [-0.2, -0.15) is 8.78 Å². The highest BCUT2D eigenvalue weighted by Crippen LogP contribution is 2.25. The summed E-state index contributed by atoms with van der Waals surface area (Å²) in [6, 6.07) is 3.37. The molecule has 0 saturated heterocycles. The van der Waals surface area contributed by atoms with Gasteiger partial charge in [-0.15, -0.1) is 0 Å². The molecular weight excluding hydrogens is 182 g/mol. The van der Waals surface area contributed by atoms with Gasteiger partial charge in [0, 0.05) is 12.7 Å². The topological polar surface area (TPSA) is 38.9 Å². The van der Waals surface area contributed by atoms with Crippen molar-refractivity contribution < 1.29 is 8.78 Å². The average molecular weight is 190 g/mol. The largest absolute Gasteiger partial charge is 0.326 e. The Labute approximate surface area is 73.2 Å². The summed E-state index contributed by atoms with van der Waals surface area (Å²) in [7, 11) is 0. The molecule has 0 atom stereocenters. The molecule has 1 heterocycles. The number of hydrogen-bond acceptors (Lipinski definition) is 3. The van der Waals surface area contributed by atoms with Crippen LogP contribution < -0.4 is 5.73 Å². The standard InChI is InChI=1S/C7H8F2N2S/c8-7(9)12-6-5(4-10)2-1-3-11-6/h1-3,7H,4,10H2. The number of pyridine rings is 1. The maximum absolute atomic E-state index is 11.9. The van der Waals surface area contributed by atoms with Gasteiger partial charge in [-0.1, -0.05) is 6.07 Å². The van der Waals surface area contributed by atoms with Crippen LogP contribution in [0.15, 0.2) is 23.4 Å². The zero-order valence-corrected chi connectivity index (χ0v) is 7.02. The number of nitrogens with zero attached hydrogens (tertiary/aromatic N) is 1. The highest BCUT2D eigenvalue weighted by atomic mass is 32.2. The van der Waals surface area contributed by atoms with Gasteiger partial charge in [0.1, 0.15) is 5.03 Å². The number of rotatable bonds is 3. The fourth-order valence-electron chi connectivity index (χ4n) is 0.770. The highest BCUT2D eigenvalue weighted by molar-refractivity contribution is 7.99. The summed E-state index contributed by atoms with van der Waals surface area (Å²) in [6.45, 7) is 0.239. The van der Waals surface area contributed by atoms with Crippen molar-refractivity contribution in [2.24, 2.45) is 5.73 Å². The van der Waals surface area contributed by atoms with Gasteiger partial charge in [0.25, 0.3) is 5.76 Å². The van der Waals surface area contributed by atoms with Crippen molar-refractivity contribution in [1.82, 2.24) is 4.98 Å². The normalized spacial score (nSPS) is 10.7. The van der Waals surface area contributed by atoms with Crippen LogP contribution in [0, 0.1) is 0 Å². The van der Waals surface area contributed by atoms with Crippen LogP contribution in [0.2, 0.25) is 0 Å². The molecule has 0 spiro atoms. The molecule has 0 aromatic carbocycles. The van der Waals surface area contributed by atoms with E-state index < -0.39 is 5.76 Å². The molecule has 1 aromatic heterocycles. The van der Waals surface area contributed by atoms with Gasteiger partial charge < -0.3 is 5.73 Å². The lowest BCUT2D eigenvalue weighted by Gasteiger charge is -2.03. The summed E-state index contributed by atoms with van der Waals surface area (Å²) in [4.78, 5) is 3.79. The molecule has 12 heavy (non-hydrogen) atoms. The summed E-state index contributed by atoms with van der Waals surface area (Å²) in [5.41, 5.74) is 5.98. The molecule has 0 aliphatic rings. The van der Waals surface area contributed by atoms with Crippen molar-refractivity contribution in [1.29, 1.82) is 0 Å². The summed E-state index contributed by atoms with van der Waals surface area (Å²) in [5, 5.41) is 0.315. The Morgan fingerprint density at radius 3 is 2.92 bits per heavy atom. The smallest absolute Gasteiger partial charge is 0.290 e. The van der Waals surface area contributed by atoms with E-state index in [9.17, 15) is 8.78 Å². The molecule has 0 unspecified atom stereocenters. The summed E-state index contributed by atoms with van der Waals surface area (Å²) >= 11 is 0.425. The lowest BCUT2D eigenvalue weighted by Crippen LogP contribution is -2.00. The second-order valence-electron chi connectivity index (χ2n) is 2.05. The maximum atomic E-state index is 11.9. The molecule has 0 fully saturated rings. The molecule has 0 aliphatic carbocycles. The lowest BCUT2D eigenvalue weighted by molar-refractivity contribution is 0.252. The molecule has 66 valence electrons. The maximum Gasteiger partial charge on any atom is 0.290 e. The van der Waals surface area contributed by atoms with E-state index in [0.717, 1.165) is 0 Å². The Morgan fingerprint density at radius 2 is 2.33 bits per heavy atom. The quantitative estimate of drug-likeness (QED) is 0.739. The van der Waals surface area contributed by atoms with E-state index in [-0.39, 0.29) is 6.54 Å². The Kier molecular flexibility index (Phi) is 3.43. The Balaban J connectivity index is 2.82. The Morgan fingerprint density at radius 1 is 1.58 bits per heavy atom. The number of alkyl halides is 2. The first-order valence-electron chi connectivity index (χ1n) is 3.33. The number of aromatic nitrogens is 1. The van der Waals surface area contributed by atoms with Gasteiger partial charge in [0.05, 0.1) is 0 Å². The van der Waals surface area contributed by atoms with Gasteiger partial charge in [-0.05, 0) is 23.4 Å². The van der Waals surface area contributed by atoms with E-state index in [0.29, 0.717) is 22.4 Å². The molecule has 0 amide bonds. The van der Waals surface area contributed by atoms with Gasteiger partial charge in [0.15, 0.2) is 0 Å². The van der Waals surface area contributed by atoms with Crippen LogP contribution in [0.4, 0.5) is 8.78 Å². The highest BCUT2D eigenvalue weighted by Gasteiger charge is 2.09. The fourth-order valence-corrected chi connectivity index (χ4v) is 1.36. The third kappa shape index (κ3) is 2.42. The number of nitrogens with two attached hydrogens (primary N) is 1. The molecule has 0 radical (unpaired) electrons. The van der Waals surface area contributed by atoms with E-state index in [2.05, 4.69) is 4.98 Å². The predicted molar refractivity (Wildman–Crippen MR) is 44.0 cm³/mol. The van der Waals surface area contributed by atoms with Crippen LogP contribution in [0.3, 0.4) is 0 Å². The first kappa shape index (κ1) is 9.41. The predicted octanol–water partition coefficient (Wildman–Crippen LogP) is 1.85. The Bertz CT molecular complexity index is 255. The van der Waals surface area contributed by atoms with Gasteiger partial charge >= 0.3 is 0 Å². The molecular formula is C7H8F2N2S. The first-order chi connectivity index (χ1) is 5.74. The van der Waals surface area contributed by atoms with Crippen molar-refractivity contribution >= 4 is 11.8 Å². The minimum Gasteiger partial charge on any atom is -0.326 e. The van der Waals surface area contributed by atoms with E-state index in [1.165, 1.54) is 6.20 Å². The van der Waals surface area contributed by atoms with Gasteiger partial charge in [-0.3, -0.25) is 0 Å². The Hall–Kier alpha value is -0.680. The van der Waals surface area contributed by atoms with Crippen LogP contribution in [-0.2, 0) is 6.54 Å². The van der Waals surface area contributed by atoms with Crippen molar-refractivity contribution in [3.63, 3.8) is 0 Å². The van der Waals surface area contributed by atoms with Crippen LogP contribution in [0.1, 0.15) is 5.56 Å². The number of halogens is 2. The van der Waals surface area contributed by atoms with Crippen LogP contribution in [-0.4, -0.2) is 10.7 Å². The number of hydrogen-bond donors (Lipinski definition) is 1. The molecule has 2 nitrogen and oxygen atoms in total. The minimum absolute atomic E-state index is 0.239. The summed E-state index contributed by atoms with van der Waals surface area (Å²) in [6.07, 6.45) is 1.48. The molecule has 5 heteroatoms. The van der Waals surface area contributed by atoms with Crippen molar-refractivity contribution in [3.8, 4) is 0 Å². The minimum atomic E-state index is -2.44. The third-order valence-corrected chi connectivity index (χ3v) is 2.04. The summed E-state index contributed by atoms with van der Waals surface area (Å²) < 4.78 is 23.8. The molecule has 0 saturated carbocycles. The van der Waals surface area contributed by atoms with Crippen molar-refractivity contribution in [2.45, 2.75) is 17.3 Å². The van der Waals surface area contributed by atoms with Crippen molar-refractivity contribution in [3.05, 3.63) is 23.9 Å². The van der Waals surface area contributed by atoms with E-state index >= 15 is 0 Å². The monoisotopic (exact) mass is 190 g/mol. The van der Waals surface area contributed by atoms with Crippen LogP contribution >= 0.6 is 11.8 Å².